The first-order valence-electron chi connectivity index (χ1n) is 7.05. The molecule has 108 valence electrons. The van der Waals surface area contributed by atoms with Gasteiger partial charge in [-0.3, -0.25) is 4.79 Å². The number of hydrogen-bond donors (Lipinski definition) is 1. The van der Waals surface area contributed by atoms with Crippen LogP contribution in [0.1, 0.15) is 27.5 Å². The molecule has 1 amide bonds. The van der Waals surface area contributed by atoms with E-state index < -0.39 is 0 Å². The van der Waals surface area contributed by atoms with Crippen molar-refractivity contribution in [2.45, 2.75) is 12.5 Å². The lowest BCUT2D eigenvalue weighted by molar-refractivity contribution is 0.0667. The topological polar surface area (TPSA) is 46.3 Å². The highest BCUT2D eigenvalue weighted by molar-refractivity contribution is 9.10. The van der Waals surface area contributed by atoms with Crippen molar-refractivity contribution in [3.05, 3.63) is 69.7 Å². The predicted molar refractivity (Wildman–Crippen MR) is 87.1 cm³/mol. The van der Waals surface area contributed by atoms with Gasteiger partial charge in [0, 0.05) is 23.1 Å². The fraction of sp³-hybridized carbons (Fsp3) is 0.235. The first-order chi connectivity index (χ1) is 10.2. The molecule has 1 atom stereocenters. The van der Waals surface area contributed by atoms with Gasteiger partial charge in [-0.15, -0.1) is 0 Å². The minimum absolute atomic E-state index is 0.0403. The fourth-order valence-corrected chi connectivity index (χ4v) is 3.34. The Morgan fingerprint density at radius 2 is 2.05 bits per heavy atom. The van der Waals surface area contributed by atoms with Crippen LogP contribution in [0.25, 0.3) is 0 Å². The molecule has 0 bridgehead atoms. The van der Waals surface area contributed by atoms with E-state index in [9.17, 15) is 4.79 Å². The van der Waals surface area contributed by atoms with Crippen LogP contribution in [0.5, 0.6) is 0 Å². The van der Waals surface area contributed by atoms with Crippen molar-refractivity contribution in [2.24, 2.45) is 5.73 Å². The number of carbonyl (C=O) groups excluding carboxylic acids is 1. The third-order valence-electron chi connectivity index (χ3n) is 3.97. The van der Waals surface area contributed by atoms with Crippen molar-refractivity contribution in [1.29, 1.82) is 0 Å². The molecule has 0 saturated carbocycles. The highest BCUT2D eigenvalue weighted by atomic mass is 79.9. The fourth-order valence-electron chi connectivity index (χ4n) is 2.94. The number of halogens is 1. The van der Waals surface area contributed by atoms with E-state index in [0.717, 1.165) is 10.9 Å². The summed E-state index contributed by atoms with van der Waals surface area (Å²) in [5, 5.41) is 0. The predicted octanol–water partition coefficient (Wildman–Crippen LogP) is 3.15. The Balaban J connectivity index is 1.94. The Hall–Kier alpha value is -1.65. The summed E-state index contributed by atoms with van der Waals surface area (Å²) >= 11 is 3.42. The highest BCUT2D eigenvalue weighted by Gasteiger charge is 2.30. The van der Waals surface area contributed by atoms with Gasteiger partial charge < -0.3 is 10.6 Å². The normalized spacial score (nSPS) is 17.4. The first kappa shape index (κ1) is 14.3. The van der Waals surface area contributed by atoms with Crippen LogP contribution < -0.4 is 5.73 Å². The summed E-state index contributed by atoms with van der Waals surface area (Å²) in [6.45, 7) is 1.15. The van der Waals surface area contributed by atoms with Gasteiger partial charge >= 0.3 is 0 Å². The Morgan fingerprint density at radius 1 is 1.24 bits per heavy atom. The second kappa shape index (κ2) is 6.00. The largest absolute Gasteiger partial charge is 0.330 e. The van der Waals surface area contributed by atoms with Gasteiger partial charge in [0.15, 0.2) is 0 Å². The maximum Gasteiger partial charge on any atom is 0.254 e. The number of nitrogens with zero attached hydrogens (tertiary/aromatic N) is 1. The van der Waals surface area contributed by atoms with E-state index in [4.69, 9.17) is 5.73 Å². The molecular weight excluding hydrogens is 328 g/mol. The van der Waals surface area contributed by atoms with Gasteiger partial charge in [-0.2, -0.15) is 0 Å². The summed E-state index contributed by atoms with van der Waals surface area (Å²) in [7, 11) is 0. The Kier molecular flexibility index (Phi) is 4.08. The summed E-state index contributed by atoms with van der Waals surface area (Å²) < 4.78 is 0.912. The van der Waals surface area contributed by atoms with Crippen LogP contribution in [-0.2, 0) is 6.42 Å². The number of carbonyl (C=O) groups is 1. The van der Waals surface area contributed by atoms with Gasteiger partial charge in [0.25, 0.3) is 5.91 Å². The number of amides is 1. The Morgan fingerprint density at radius 3 is 2.81 bits per heavy atom. The summed E-state index contributed by atoms with van der Waals surface area (Å²) in [6, 6.07) is 15.7. The van der Waals surface area contributed by atoms with Crippen molar-refractivity contribution in [1.82, 2.24) is 4.90 Å². The Bertz CT molecular complexity index is 671. The van der Waals surface area contributed by atoms with Gasteiger partial charge in [0.2, 0.25) is 0 Å². The number of fused-ring (bicyclic) bond motifs is 1. The van der Waals surface area contributed by atoms with Crippen LogP contribution >= 0.6 is 15.9 Å². The molecule has 1 aliphatic rings. The smallest absolute Gasteiger partial charge is 0.254 e. The molecule has 21 heavy (non-hydrogen) atoms. The maximum atomic E-state index is 12.8. The molecule has 1 heterocycles. The zero-order chi connectivity index (χ0) is 14.8. The zero-order valence-electron chi connectivity index (χ0n) is 11.6. The average Bonchev–Trinajstić information content (AvgIpc) is 2.53. The second-order valence-electron chi connectivity index (χ2n) is 5.21. The molecule has 2 N–H and O–H groups in total. The average molecular weight is 345 g/mol. The van der Waals surface area contributed by atoms with E-state index >= 15 is 0 Å². The molecular formula is C17H17BrN2O. The van der Waals surface area contributed by atoms with Crippen molar-refractivity contribution >= 4 is 21.8 Å². The number of hydrogen-bond acceptors (Lipinski definition) is 2. The lowest BCUT2D eigenvalue weighted by Crippen LogP contribution is -2.43. The van der Waals surface area contributed by atoms with E-state index in [1.165, 1.54) is 11.1 Å². The summed E-state index contributed by atoms with van der Waals surface area (Å²) in [5.41, 5.74) is 9.12. The number of nitrogens with two attached hydrogens (primary N) is 1. The maximum absolute atomic E-state index is 12.8. The molecule has 0 fully saturated rings. The van der Waals surface area contributed by atoms with Gasteiger partial charge in [-0.05, 0) is 35.7 Å². The van der Waals surface area contributed by atoms with Gasteiger partial charge in [0.05, 0.1) is 6.04 Å². The molecule has 0 radical (unpaired) electrons. The minimum Gasteiger partial charge on any atom is -0.330 e. The van der Waals surface area contributed by atoms with E-state index in [2.05, 4.69) is 28.1 Å². The van der Waals surface area contributed by atoms with Crippen molar-refractivity contribution < 1.29 is 4.79 Å². The van der Waals surface area contributed by atoms with Crippen LogP contribution in [0.3, 0.4) is 0 Å². The number of rotatable bonds is 2. The number of benzene rings is 2. The molecule has 1 unspecified atom stereocenters. The van der Waals surface area contributed by atoms with E-state index in [0.29, 0.717) is 18.7 Å². The van der Waals surface area contributed by atoms with E-state index in [-0.39, 0.29) is 11.9 Å². The van der Waals surface area contributed by atoms with Crippen LogP contribution in [-0.4, -0.2) is 23.9 Å². The van der Waals surface area contributed by atoms with E-state index in [1.54, 1.807) is 0 Å². The summed E-state index contributed by atoms with van der Waals surface area (Å²) in [5.74, 6) is 0.0428. The van der Waals surface area contributed by atoms with Crippen molar-refractivity contribution in [3.8, 4) is 0 Å². The van der Waals surface area contributed by atoms with Gasteiger partial charge in [0.1, 0.15) is 0 Å². The molecule has 4 heteroatoms. The van der Waals surface area contributed by atoms with Crippen LogP contribution in [0.4, 0.5) is 0 Å². The first-order valence-corrected chi connectivity index (χ1v) is 7.84. The molecule has 2 aromatic carbocycles. The lowest BCUT2D eigenvalue weighted by Gasteiger charge is -2.36. The molecule has 3 rings (SSSR count). The quantitative estimate of drug-likeness (QED) is 0.909. The standard InChI is InChI=1S/C17H17BrN2O/c18-14-6-3-5-13(10-14)17(21)20-9-8-12-4-1-2-7-15(12)16(20)11-19/h1-7,10,16H,8-9,11,19H2. The monoisotopic (exact) mass is 344 g/mol. The third-order valence-corrected chi connectivity index (χ3v) is 4.46. The molecule has 0 aromatic heterocycles. The van der Waals surface area contributed by atoms with Crippen LogP contribution in [0.2, 0.25) is 0 Å². The third kappa shape index (κ3) is 2.74. The lowest BCUT2D eigenvalue weighted by atomic mass is 9.92. The van der Waals surface area contributed by atoms with Gasteiger partial charge in [-0.1, -0.05) is 46.3 Å². The SMILES string of the molecule is NCC1c2ccccc2CCN1C(=O)c1cccc(Br)c1. The highest BCUT2D eigenvalue weighted by Crippen LogP contribution is 2.30. The van der Waals surface area contributed by atoms with Crippen molar-refractivity contribution in [2.75, 3.05) is 13.1 Å². The molecule has 3 nitrogen and oxygen atoms in total. The molecule has 2 aromatic rings. The van der Waals surface area contributed by atoms with Crippen molar-refractivity contribution in [3.63, 3.8) is 0 Å². The van der Waals surface area contributed by atoms with Gasteiger partial charge in [-0.25, -0.2) is 0 Å². The Labute approximate surface area is 132 Å². The minimum atomic E-state index is -0.0403. The zero-order valence-corrected chi connectivity index (χ0v) is 13.2. The van der Waals surface area contributed by atoms with Crippen LogP contribution in [0.15, 0.2) is 53.0 Å². The second-order valence-corrected chi connectivity index (χ2v) is 6.12. The molecule has 0 spiro atoms. The molecule has 1 aliphatic heterocycles. The molecule has 0 aliphatic carbocycles. The summed E-state index contributed by atoms with van der Waals surface area (Å²) in [4.78, 5) is 14.7. The summed E-state index contributed by atoms with van der Waals surface area (Å²) in [6.07, 6.45) is 0.881. The van der Waals surface area contributed by atoms with Crippen LogP contribution in [0, 0.1) is 0 Å². The molecule has 0 saturated heterocycles. The van der Waals surface area contributed by atoms with E-state index in [1.807, 2.05) is 41.3 Å².